The fraction of sp³-hybridized carbons (Fsp3) is 0.500. The molecule has 0 heterocycles. The summed E-state index contributed by atoms with van der Waals surface area (Å²) in [6.07, 6.45) is 2.39. The van der Waals surface area contributed by atoms with E-state index >= 15 is 0 Å². The minimum Gasteiger partial charge on any atom is -0.491 e. The van der Waals surface area contributed by atoms with E-state index in [4.69, 9.17) is 47.4 Å². The number of ether oxygens (including phenoxy) is 10. The molecule has 2 atom stereocenters. The molecule has 0 aliphatic heterocycles. The lowest BCUT2D eigenvalue weighted by molar-refractivity contribution is -0.152. The van der Waals surface area contributed by atoms with Gasteiger partial charge >= 0.3 is 11.9 Å². The van der Waals surface area contributed by atoms with Crippen LogP contribution in [0.15, 0.2) is 84.9 Å². The van der Waals surface area contributed by atoms with Crippen molar-refractivity contribution in [3.63, 3.8) is 0 Å². The Bertz CT molecular complexity index is 1220. The van der Waals surface area contributed by atoms with Gasteiger partial charge in [-0.25, -0.2) is 0 Å². The third kappa shape index (κ3) is 21.1. The van der Waals surface area contributed by atoms with Crippen LogP contribution < -0.4 is 18.9 Å². The van der Waals surface area contributed by atoms with Crippen molar-refractivity contribution in [2.24, 2.45) is 0 Å². The van der Waals surface area contributed by atoms with Gasteiger partial charge in [-0.1, -0.05) is 36.4 Å². The van der Waals surface area contributed by atoms with E-state index < -0.39 is 12.2 Å². The zero-order valence-corrected chi connectivity index (χ0v) is 30.5. The van der Waals surface area contributed by atoms with Gasteiger partial charge in [-0.2, -0.15) is 0 Å². The maximum absolute atomic E-state index is 11.4. The quantitative estimate of drug-likeness (QED) is 0.0583. The number of carbonyl (C=O) groups excluding carboxylic acids is 2. The first kappa shape index (κ1) is 42.1. The first-order valence-electron chi connectivity index (χ1n) is 17.8. The zero-order chi connectivity index (χ0) is 36.9. The summed E-state index contributed by atoms with van der Waals surface area (Å²) in [6.45, 7) is 7.86. The molecule has 0 aliphatic rings. The average molecular weight is 727 g/mol. The molecule has 12 heteroatoms. The first-order chi connectivity index (χ1) is 25.5. The first-order valence-corrected chi connectivity index (χ1v) is 17.8. The molecule has 286 valence electrons. The van der Waals surface area contributed by atoms with Crippen molar-refractivity contribution in [1.82, 2.24) is 0 Å². The lowest BCUT2D eigenvalue weighted by Crippen LogP contribution is -2.29. The summed E-state index contributed by atoms with van der Waals surface area (Å²) in [7, 11) is 0. The van der Waals surface area contributed by atoms with E-state index in [1.165, 1.54) is 13.8 Å². The Balaban J connectivity index is 1.10. The fourth-order valence-electron chi connectivity index (χ4n) is 4.63. The molecule has 0 saturated carbocycles. The van der Waals surface area contributed by atoms with Crippen LogP contribution in [0.1, 0.15) is 39.5 Å². The highest BCUT2D eigenvalue weighted by atomic mass is 16.6. The highest BCUT2D eigenvalue weighted by Crippen LogP contribution is 2.17. The predicted octanol–water partition coefficient (Wildman–Crippen LogP) is 6.09. The topological polar surface area (TPSA) is 126 Å². The summed E-state index contributed by atoms with van der Waals surface area (Å²) in [4.78, 5) is 22.8. The smallest absolute Gasteiger partial charge is 0.303 e. The van der Waals surface area contributed by atoms with Gasteiger partial charge in [0.05, 0.1) is 26.4 Å². The Hall–Kier alpha value is -4.36. The molecule has 3 aromatic carbocycles. The summed E-state index contributed by atoms with van der Waals surface area (Å²) < 4.78 is 56.2. The van der Waals surface area contributed by atoms with Gasteiger partial charge in [0.1, 0.15) is 49.4 Å². The Morgan fingerprint density at radius 1 is 0.404 bits per heavy atom. The van der Waals surface area contributed by atoms with Crippen molar-refractivity contribution in [1.29, 1.82) is 0 Å². The lowest BCUT2D eigenvalue weighted by Gasteiger charge is -2.18. The molecule has 2 unspecified atom stereocenters. The van der Waals surface area contributed by atoms with Crippen molar-refractivity contribution in [3.8, 4) is 23.0 Å². The molecular weight excluding hydrogens is 672 g/mol. The molecule has 0 aromatic heterocycles. The number of carbonyl (C=O) groups is 2. The van der Waals surface area contributed by atoms with Crippen molar-refractivity contribution >= 4 is 11.9 Å². The molecule has 52 heavy (non-hydrogen) atoms. The van der Waals surface area contributed by atoms with E-state index in [1.54, 1.807) is 0 Å². The second kappa shape index (κ2) is 27.3. The summed E-state index contributed by atoms with van der Waals surface area (Å²) in [5, 5.41) is 0. The summed E-state index contributed by atoms with van der Waals surface area (Å²) in [6, 6.07) is 26.2. The molecule has 0 amide bonds. The molecule has 0 bridgehead atoms. The predicted molar refractivity (Wildman–Crippen MR) is 194 cm³/mol. The fourth-order valence-corrected chi connectivity index (χ4v) is 4.63. The Kier molecular flexibility index (Phi) is 22.1. The van der Waals surface area contributed by atoms with Crippen LogP contribution in [0.4, 0.5) is 0 Å². The van der Waals surface area contributed by atoms with E-state index in [2.05, 4.69) is 0 Å². The van der Waals surface area contributed by atoms with Crippen molar-refractivity contribution in [3.05, 3.63) is 84.9 Å². The SMILES string of the molecule is CC(=O)OC(COCCCCOCCOc1ccc(OCCOCCCCOCC(COc2ccccc2)OC(C)=O)cc1)COc1ccccc1. The Morgan fingerprint density at radius 2 is 0.750 bits per heavy atom. The molecule has 0 radical (unpaired) electrons. The number of benzene rings is 3. The number of hydrogen-bond donors (Lipinski definition) is 0. The largest absolute Gasteiger partial charge is 0.491 e. The summed E-state index contributed by atoms with van der Waals surface area (Å²) in [5.41, 5.74) is 0. The molecule has 12 nitrogen and oxygen atoms in total. The van der Waals surface area contributed by atoms with E-state index in [0.717, 1.165) is 37.2 Å². The minimum absolute atomic E-state index is 0.230. The highest BCUT2D eigenvalue weighted by molar-refractivity contribution is 5.66. The maximum Gasteiger partial charge on any atom is 0.303 e. The molecular formula is C40H54O12. The van der Waals surface area contributed by atoms with Crippen LogP contribution in [0.5, 0.6) is 23.0 Å². The standard InChI is InChI=1S/C40H54O12/c1-33(41)51-39(31-49-35-13-5-3-6-14-35)29-45-23-11-9-21-43-25-27-47-37-17-19-38(20-18-37)48-28-26-44-22-10-12-24-46-30-40(52-34(2)42)32-50-36-15-7-4-8-16-36/h3-8,13-20,39-40H,9-12,21-32H2,1-2H3. The molecule has 0 spiro atoms. The number of esters is 2. The van der Waals surface area contributed by atoms with E-state index in [1.807, 2.05) is 84.9 Å². The second-order valence-corrected chi connectivity index (χ2v) is 11.7. The van der Waals surface area contributed by atoms with Crippen LogP contribution in [-0.2, 0) is 38.0 Å². The van der Waals surface area contributed by atoms with Gasteiger partial charge in [0, 0.05) is 40.3 Å². The maximum atomic E-state index is 11.4. The molecule has 3 aromatic rings. The van der Waals surface area contributed by atoms with E-state index in [9.17, 15) is 9.59 Å². The van der Waals surface area contributed by atoms with Gasteiger partial charge < -0.3 is 47.4 Å². The monoisotopic (exact) mass is 726 g/mol. The normalized spacial score (nSPS) is 12.0. The molecule has 0 saturated heterocycles. The summed E-state index contributed by atoms with van der Waals surface area (Å²) in [5.74, 6) is 2.18. The number of rotatable bonds is 30. The van der Waals surface area contributed by atoms with Crippen LogP contribution in [0, 0.1) is 0 Å². The lowest BCUT2D eigenvalue weighted by atomic mass is 10.3. The highest BCUT2D eigenvalue weighted by Gasteiger charge is 2.15. The van der Waals surface area contributed by atoms with Crippen LogP contribution >= 0.6 is 0 Å². The molecule has 3 rings (SSSR count). The number of hydrogen-bond acceptors (Lipinski definition) is 12. The van der Waals surface area contributed by atoms with Crippen molar-refractivity contribution in [2.75, 3.05) is 79.3 Å². The van der Waals surface area contributed by atoms with Gasteiger partial charge in [-0.15, -0.1) is 0 Å². The molecule has 0 fully saturated rings. The van der Waals surface area contributed by atoms with Gasteiger partial charge in [0.15, 0.2) is 12.2 Å². The summed E-state index contributed by atoms with van der Waals surface area (Å²) >= 11 is 0. The van der Waals surface area contributed by atoms with Gasteiger partial charge in [0.2, 0.25) is 0 Å². The second-order valence-electron chi connectivity index (χ2n) is 11.7. The molecule has 0 N–H and O–H groups in total. The third-order valence-electron chi connectivity index (χ3n) is 7.10. The Labute approximate surface area is 307 Å². The van der Waals surface area contributed by atoms with Crippen molar-refractivity contribution in [2.45, 2.75) is 51.7 Å². The number of unbranched alkanes of at least 4 members (excludes halogenated alkanes) is 2. The van der Waals surface area contributed by atoms with Gasteiger partial charge in [-0.3, -0.25) is 9.59 Å². The van der Waals surface area contributed by atoms with Gasteiger partial charge in [-0.05, 0) is 74.2 Å². The van der Waals surface area contributed by atoms with E-state index in [0.29, 0.717) is 64.4 Å². The van der Waals surface area contributed by atoms with E-state index in [-0.39, 0.29) is 38.4 Å². The van der Waals surface area contributed by atoms with Crippen LogP contribution in [0.2, 0.25) is 0 Å². The van der Waals surface area contributed by atoms with Crippen LogP contribution in [-0.4, -0.2) is 103 Å². The van der Waals surface area contributed by atoms with Crippen molar-refractivity contribution < 1.29 is 57.0 Å². The molecule has 0 aliphatic carbocycles. The minimum atomic E-state index is -0.469. The average Bonchev–Trinajstić information content (AvgIpc) is 3.15. The number of para-hydroxylation sites is 2. The Morgan fingerprint density at radius 3 is 1.12 bits per heavy atom. The third-order valence-corrected chi connectivity index (χ3v) is 7.10. The van der Waals surface area contributed by atoms with Gasteiger partial charge in [0.25, 0.3) is 0 Å². The zero-order valence-electron chi connectivity index (χ0n) is 30.5. The van der Waals surface area contributed by atoms with Crippen LogP contribution in [0.3, 0.4) is 0 Å². The van der Waals surface area contributed by atoms with Crippen LogP contribution in [0.25, 0.3) is 0 Å².